The van der Waals surface area contributed by atoms with E-state index in [-0.39, 0.29) is 0 Å². The molecule has 0 saturated heterocycles. The third kappa shape index (κ3) is 5.98. The summed E-state index contributed by atoms with van der Waals surface area (Å²) in [5, 5.41) is 7.16. The molecule has 4 heteroatoms. The lowest BCUT2D eigenvalue weighted by Gasteiger charge is -2.10. The minimum Gasteiger partial charge on any atom is -0.0824 e. The van der Waals surface area contributed by atoms with Gasteiger partial charge in [0.25, 0.3) is 0 Å². The van der Waals surface area contributed by atoms with Gasteiger partial charge in [0.15, 0.2) is 0 Å². The highest BCUT2D eigenvalue weighted by atomic mass is 35.5. The van der Waals surface area contributed by atoms with E-state index in [0.29, 0.717) is 20.1 Å². The standard InChI is InChI=1S/C29H28Cl4/c30-26-22(18-20-12-8-10-16-24(20)28(26)32)14-6-4-2-1-3-5-7-15-23-19-21-13-9-11-17-25(21)29(33)27(23)31/h8-13,16-19H,1-7,14-15H2. The van der Waals surface area contributed by atoms with E-state index in [0.717, 1.165) is 58.4 Å². The molecule has 0 aliphatic carbocycles. The van der Waals surface area contributed by atoms with E-state index in [9.17, 15) is 0 Å². The maximum atomic E-state index is 6.52. The summed E-state index contributed by atoms with van der Waals surface area (Å²) in [6, 6.07) is 20.7. The summed E-state index contributed by atoms with van der Waals surface area (Å²) in [6.45, 7) is 0. The van der Waals surface area contributed by atoms with Crippen molar-refractivity contribution in [3.63, 3.8) is 0 Å². The molecule has 0 saturated carbocycles. The number of hydrogen-bond donors (Lipinski definition) is 0. The molecular formula is C29H28Cl4. The second-order valence-corrected chi connectivity index (χ2v) is 10.3. The average molecular weight is 518 g/mol. The lowest BCUT2D eigenvalue weighted by molar-refractivity contribution is 0.579. The van der Waals surface area contributed by atoms with Gasteiger partial charge in [-0.1, -0.05) is 127 Å². The van der Waals surface area contributed by atoms with Crippen molar-refractivity contribution in [2.45, 2.75) is 57.8 Å². The van der Waals surface area contributed by atoms with Crippen molar-refractivity contribution in [1.82, 2.24) is 0 Å². The van der Waals surface area contributed by atoms with Gasteiger partial charge in [0.05, 0.1) is 20.1 Å². The Morgan fingerprint density at radius 1 is 0.424 bits per heavy atom. The first-order valence-corrected chi connectivity index (χ1v) is 13.3. The van der Waals surface area contributed by atoms with Crippen LogP contribution in [0.5, 0.6) is 0 Å². The highest BCUT2D eigenvalue weighted by Gasteiger charge is 2.11. The molecule has 0 heterocycles. The molecule has 0 N–H and O–H groups in total. The fraction of sp³-hybridized carbons (Fsp3) is 0.310. The Hall–Kier alpha value is -1.44. The average Bonchev–Trinajstić information content (AvgIpc) is 2.84. The summed E-state index contributed by atoms with van der Waals surface area (Å²) in [4.78, 5) is 0. The molecule has 0 amide bonds. The van der Waals surface area contributed by atoms with Crippen LogP contribution in [0.4, 0.5) is 0 Å². The van der Waals surface area contributed by atoms with E-state index in [1.165, 1.54) is 32.1 Å². The van der Waals surface area contributed by atoms with Crippen molar-refractivity contribution in [2.24, 2.45) is 0 Å². The predicted octanol–water partition coefficient (Wildman–Crippen LogP) is 11.1. The first-order valence-electron chi connectivity index (χ1n) is 11.8. The van der Waals surface area contributed by atoms with Gasteiger partial charge in [-0.3, -0.25) is 0 Å². The van der Waals surface area contributed by atoms with Crippen LogP contribution in [0.2, 0.25) is 20.1 Å². The second kappa shape index (κ2) is 11.8. The van der Waals surface area contributed by atoms with Crippen molar-refractivity contribution in [3.05, 3.63) is 91.9 Å². The van der Waals surface area contributed by atoms with Crippen LogP contribution in [0, 0.1) is 0 Å². The topological polar surface area (TPSA) is 0 Å². The second-order valence-electron chi connectivity index (χ2n) is 8.74. The molecule has 0 aliphatic rings. The smallest absolute Gasteiger partial charge is 0.0673 e. The lowest BCUT2D eigenvalue weighted by atomic mass is 10.00. The molecule has 0 fully saturated rings. The maximum absolute atomic E-state index is 6.52. The van der Waals surface area contributed by atoms with Crippen LogP contribution in [0.15, 0.2) is 60.7 Å². The summed E-state index contributed by atoms with van der Waals surface area (Å²) < 4.78 is 0. The number of benzene rings is 4. The van der Waals surface area contributed by atoms with Crippen molar-refractivity contribution in [3.8, 4) is 0 Å². The van der Waals surface area contributed by atoms with Gasteiger partial charge in [-0.2, -0.15) is 0 Å². The normalized spacial score (nSPS) is 11.5. The van der Waals surface area contributed by atoms with Crippen molar-refractivity contribution in [1.29, 1.82) is 0 Å². The van der Waals surface area contributed by atoms with Crippen molar-refractivity contribution in [2.75, 3.05) is 0 Å². The molecule has 172 valence electrons. The van der Waals surface area contributed by atoms with Crippen LogP contribution in [-0.4, -0.2) is 0 Å². The molecule has 4 aromatic carbocycles. The minimum absolute atomic E-state index is 0.678. The maximum Gasteiger partial charge on any atom is 0.0673 e. The monoisotopic (exact) mass is 516 g/mol. The van der Waals surface area contributed by atoms with E-state index < -0.39 is 0 Å². The van der Waals surface area contributed by atoms with Crippen molar-refractivity contribution >= 4 is 67.9 Å². The molecule has 0 nitrogen and oxygen atoms in total. The zero-order valence-electron chi connectivity index (χ0n) is 18.6. The molecule has 0 spiro atoms. The van der Waals surface area contributed by atoms with Gasteiger partial charge < -0.3 is 0 Å². The van der Waals surface area contributed by atoms with E-state index in [2.05, 4.69) is 24.3 Å². The number of fused-ring (bicyclic) bond motifs is 2. The zero-order valence-corrected chi connectivity index (χ0v) is 21.7. The van der Waals surface area contributed by atoms with Gasteiger partial charge in [-0.15, -0.1) is 0 Å². The number of rotatable bonds is 10. The molecular weight excluding hydrogens is 490 g/mol. The zero-order chi connectivity index (χ0) is 23.2. The Labute approximate surface area is 216 Å². The fourth-order valence-corrected chi connectivity index (χ4v) is 5.63. The minimum atomic E-state index is 0.678. The van der Waals surface area contributed by atoms with Crippen LogP contribution in [0.3, 0.4) is 0 Å². The molecule has 0 bridgehead atoms. The van der Waals surface area contributed by atoms with E-state index in [1.807, 2.05) is 36.4 Å². The fourth-order valence-electron chi connectivity index (χ4n) is 4.54. The molecule has 0 aliphatic heterocycles. The van der Waals surface area contributed by atoms with Gasteiger partial charge in [0.1, 0.15) is 0 Å². The lowest BCUT2D eigenvalue weighted by Crippen LogP contribution is -1.91. The number of halogens is 4. The highest BCUT2D eigenvalue weighted by Crippen LogP contribution is 2.36. The number of aryl methyl sites for hydroxylation is 2. The summed E-state index contributed by atoms with van der Waals surface area (Å²) >= 11 is 26.0. The summed E-state index contributed by atoms with van der Waals surface area (Å²) in [6.07, 6.45) is 10.4. The molecule has 33 heavy (non-hydrogen) atoms. The van der Waals surface area contributed by atoms with Crippen LogP contribution in [-0.2, 0) is 12.8 Å². The number of hydrogen-bond acceptors (Lipinski definition) is 0. The van der Waals surface area contributed by atoms with E-state index in [1.54, 1.807) is 0 Å². The van der Waals surface area contributed by atoms with Gasteiger partial charge in [0.2, 0.25) is 0 Å². The third-order valence-electron chi connectivity index (χ3n) is 6.40. The van der Waals surface area contributed by atoms with Crippen molar-refractivity contribution < 1.29 is 0 Å². The summed E-state index contributed by atoms with van der Waals surface area (Å²) in [5.74, 6) is 0. The van der Waals surface area contributed by atoms with E-state index >= 15 is 0 Å². The SMILES string of the molecule is Clc1c(CCCCCCCCCc2cc3ccccc3c(Cl)c2Cl)cc2ccccc2c1Cl. The molecule has 0 atom stereocenters. The molecule has 0 aromatic heterocycles. The Morgan fingerprint density at radius 3 is 1.21 bits per heavy atom. The molecule has 0 unspecified atom stereocenters. The Bertz CT molecular complexity index is 1150. The van der Waals surface area contributed by atoms with E-state index in [4.69, 9.17) is 46.4 Å². The first kappa shape index (κ1) is 24.7. The molecule has 4 rings (SSSR count). The quantitative estimate of drug-likeness (QED) is 0.183. The summed E-state index contributed by atoms with van der Waals surface area (Å²) in [7, 11) is 0. The van der Waals surface area contributed by atoms with Gasteiger partial charge >= 0.3 is 0 Å². The largest absolute Gasteiger partial charge is 0.0824 e. The van der Waals surface area contributed by atoms with Crippen LogP contribution >= 0.6 is 46.4 Å². The molecule has 4 aromatic rings. The Kier molecular flexibility index (Phi) is 8.83. The van der Waals surface area contributed by atoms with Gasteiger partial charge in [-0.05, 0) is 59.7 Å². The predicted molar refractivity (Wildman–Crippen MR) is 148 cm³/mol. The summed E-state index contributed by atoms with van der Waals surface area (Å²) in [5.41, 5.74) is 2.32. The third-order valence-corrected chi connectivity index (χ3v) is 8.24. The van der Waals surface area contributed by atoms with Crippen LogP contribution < -0.4 is 0 Å². The Balaban J connectivity index is 1.17. The first-order chi connectivity index (χ1) is 16.1. The van der Waals surface area contributed by atoms with Crippen LogP contribution in [0.1, 0.15) is 56.1 Å². The highest BCUT2D eigenvalue weighted by molar-refractivity contribution is 6.46. The Morgan fingerprint density at radius 2 is 0.788 bits per heavy atom. The number of unbranched alkanes of at least 4 members (excludes halogenated alkanes) is 6. The van der Waals surface area contributed by atoms with Gasteiger partial charge in [-0.25, -0.2) is 0 Å². The molecule has 0 radical (unpaired) electrons. The van der Waals surface area contributed by atoms with Crippen LogP contribution in [0.25, 0.3) is 21.5 Å². The van der Waals surface area contributed by atoms with Gasteiger partial charge in [0, 0.05) is 10.8 Å².